The van der Waals surface area contributed by atoms with Gasteiger partial charge in [-0.25, -0.2) is 4.98 Å². The van der Waals surface area contributed by atoms with E-state index in [-0.39, 0.29) is 5.56 Å². The first kappa shape index (κ1) is 21.8. The summed E-state index contributed by atoms with van der Waals surface area (Å²) in [6, 6.07) is 17.0. The van der Waals surface area contributed by atoms with E-state index in [1.165, 1.54) is 18.9 Å². The van der Waals surface area contributed by atoms with Crippen molar-refractivity contribution < 1.29 is 13.9 Å². The van der Waals surface area contributed by atoms with Gasteiger partial charge in [-0.2, -0.15) is 0 Å². The number of benzene rings is 2. The number of H-pyrrole nitrogens is 1. The van der Waals surface area contributed by atoms with Crippen LogP contribution >= 0.6 is 11.8 Å². The fourth-order valence-electron chi connectivity index (χ4n) is 3.61. The number of hydrogen-bond acceptors (Lipinski definition) is 8. The lowest BCUT2D eigenvalue weighted by atomic mass is 10.2. The number of rotatable bonds is 8. The van der Waals surface area contributed by atoms with Gasteiger partial charge in [-0.15, -0.1) is 10.2 Å². The smallest absolute Gasteiger partial charge is 0.258 e. The highest BCUT2D eigenvalue weighted by atomic mass is 32.2. The Bertz CT molecular complexity index is 1480. The molecule has 0 saturated heterocycles. The number of aromatic amines is 1. The molecular formula is C24H21N5O4S. The summed E-state index contributed by atoms with van der Waals surface area (Å²) in [6.07, 6.45) is 1.61. The van der Waals surface area contributed by atoms with Crippen LogP contribution in [-0.2, 0) is 12.3 Å². The predicted octanol–water partition coefficient (Wildman–Crippen LogP) is 4.13. The Morgan fingerprint density at radius 3 is 2.56 bits per heavy atom. The Balaban J connectivity index is 1.46. The van der Waals surface area contributed by atoms with Gasteiger partial charge in [0.2, 0.25) is 5.82 Å². The second-order valence-corrected chi connectivity index (χ2v) is 8.32. The van der Waals surface area contributed by atoms with Crippen molar-refractivity contribution >= 4 is 22.7 Å². The third-order valence-corrected chi connectivity index (χ3v) is 6.22. The summed E-state index contributed by atoms with van der Waals surface area (Å²) in [6.45, 7) is 0.574. The van der Waals surface area contributed by atoms with Crippen LogP contribution in [0.1, 0.15) is 11.4 Å². The molecule has 0 bridgehead atoms. The highest BCUT2D eigenvalue weighted by Crippen LogP contribution is 2.31. The fourth-order valence-corrected chi connectivity index (χ4v) is 4.42. The highest BCUT2D eigenvalue weighted by Gasteiger charge is 2.18. The molecule has 5 aromatic rings. The topological polar surface area (TPSA) is 108 Å². The summed E-state index contributed by atoms with van der Waals surface area (Å²) < 4.78 is 18.2. The first-order valence-electron chi connectivity index (χ1n) is 10.4. The van der Waals surface area contributed by atoms with Gasteiger partial charge in [0.05, 0.1) is 43.7 Å². The average molecular weight is 476 g/mol. The van der Waals surface area contributed by atoms with Gasteiger partial charge in [-0.05, 0) is 23.8 Å². The minimum absolute atomic E-state index is 0.247. The fraction of sp³-hybridized carbons (Fsp3) is 0.167. The van der Waals surface area contributed by atoms with Crippen molar-refractivity contribution in [2.24, 2.45) is 0 Å². The van der Waals surface area contributed by atoms with Crippen LogP contribution in [0.15, 0.2) is 75.2 Å². The maximum atomic E-state index is 12.7. The van der Waals surface area contributed by atoms with Crippen molar-refractivity contribution in [2.45, 2.75) is 17.5 Å². The van der Waals surface area contributed by atoms with Gasteiger partial charge in [0.25, 0.3) is 5.56 Å². The van der Waals surface area contributed by atoms with Crippen LogP contribution in [0.5, 0.6) is 11.5 Å². The van der Waals surface area contributed by atoms with Crippen LogP contribution in [0.25, 0.3) is 22.5 Å². The Kier molecular flexibility index (Phi) is 6.05. The van der Waals surface area contributed by atoms with E-state index in [0.717, 1.165) is 5.56 Å². The van der Waals surface area contributed by atoms with Crippen LogP contribution in [0.3, 0.4) is 0 Å². The van der Waals surface area contributed by atoms with Gasteiger partial charge in [0.1, 0.15) is 5.82 Å². The molecule has 0 atom stereocenters. The molecule has 34 heavy (non-hydrogen) atoms. The molecule has 1 N–H and O–H groups in total. The Morgan fingerprint density at radius 1 is 1.03 bits per heavy atom. The van der Waals surface area contributed by atoms with Crippen molar-refractivity contribution in [1.29, 1.82) is 0 Å². The molecule has 0 spiro atoms. The third kappa shape index (κ3) is 4.27. The third-order valence-electron chi connectivity index (χ3n) is 5.24. The van der Waals surface area contributed by atoms with Crippen molar-refractivity contribution in [3.05, 3.63) is 82.6 Å². The number of furan rings is 1. The molecule has 3 heterocycles. The van der Waals surface area contributed by atoms with E-state index in [1.54, 1.807) is 25.5 Å². The highest BCUT2D eigenvalue weighted by molar-refractivity contribution is 7.98. The molecule has 0 aliphatic carbocycles. The quantitative estimate of drug-likeness (QED) is 0.334. The minimum atomic E-state index is -0.247. The molecule has 5 rings (SSSR count). The summed E-state index contributed by atoms with van der Waals surface area (Å²) in [7, 11) is 3.07. The minimum Gasteiger partial charge on any atom is -0.493 e. The van der Waals surface area contributed by atoms with Gasteiger partial charge < -0.3 is 18.9 Å². The SMILES string of the molecule is COc1cc2nc(CSc3nnc(-c4ccco4)n3Cc3ccccc3)[nH]c(=O)c2cc1OC. The molecule has 0 saturated carbocycles. The van der Waals surface area contributed by atoms with Gasteiger partial charge in [-0.3, -0.25) is 9.36 Å². The van der Waals surface area contributed by atoms with Gasteiger partial charge >= 0.3 is 0 Å². The van der Waals surface area contributed by atoms with E-state index in [9.17, 15) is 4.79 Å². The van der Waals surface area contributed by atoms with Crippen molar-refractivity contribution in [3.63, 3.8) is 0 Å². The number of thioether (sulfide) groups is 1. The van der Waals surface area contributed by atoms with E-state index < -0.39 is 0 Å². The van der Waals surface area contributed by atoms with Crippen LogP contribution in [0.2, 0.25) is 0 Å². The number of aromatic nitrogens is 5. The summed E-state index contributed by atoms with van der Waals surface area (Å²) in [5.74, 6) is 3.16. The standard InChI is InChI=1S/C24H21N5O4S/c1-31-19-11-16-17(12-20(19)32-2)25-21(26-23(16)30)14-34-24-28-27-22(18-9-6-10-33-18)29(24)13-15-7-4-3-5-8-15/h3-12H,13-14H2,1-2H3,(H,25,26,30). The Morgan fingerprint density at radius 2 is 1.82 bits per heavy atom. The zero-order chi connectivity index (χ0) is 23.5. The molecule has 0 unspecified atom stereocenters. The number of hydrogen-bond donors (Lipinski definition) is 1. The van der Waals surface area contributed by atoms with Crippen LogP contribution in [0, 0.1) is 0 Å². The van der Waals surface area contributed by atoms with Crippen LogP contribution in [-0.4, -0.2) is 39.0 Å². The first-order valence-corrected chi connectivity index (χ1v) is 11.4. The number of fused-ring (bicyclic) bond motifs is 1. The first-order chi connectivity index (χ1) is 16.7. The normalized spacial score (nSPS) is 11.1. The van der Waals surface area contributed by atoms with E-state index >= 15 is 0 Å². The monoisotopic (exact) mass is 475 g/mol. The molecule has 0 fully saturated rings. The Labute approximate surface area is 198 Å². The van der Waals surface area contributed by atoms with Crippen molar-refractivity contribution in [2.75, 3.05) is 14.2 Å². The molecule has 172 valence electrons. The van der Waals surface area contributed by atoms with Gasteiger partial charge in [-0.1, -0.05) is 42.1 Å². The zero-order valence-corrected chi connectivity index (χ0v) is 19.3. The number of nitrogens with one attached hydrogen (secondary N) is 1. The summed E-state index contributed by atoms with van der Waals surface area (Å²) in [4.78, 5) is 20.2. The number of ether oxygens (including phenoxy) is 2. The molecule has 10 heteroatoms. The molecule has 0 radical (unpaired) electrons. The molecular weight excluding hydrogens is 454 g/mol. The lowest BCUT2D eigenvalue weighted by Gasteiger charge is -2.10. The van der Waals surface area contributed by atoms with Crippen LogP contribution in [0.4, 0.5) is 0 Å². The van der Waals surface area contributed by atoms with E-state index in [1.807, 2.05) is 47.0 Å². The molecule has 0 aliphatic heterocycles. The molecule has 0 amide bonds. The number of nitrogens with zero attached hydrogens (tertiary/aromatic N) is 4. The van der Waals surface area contributed by atoms with Gasteiger partial charge in [0, 0.05) is 6.07 Å². The average Bonchev–Trinajstić information content (AvgIpc) is 3.53. The molecule has 0 aliphatic rings. The number of methoxy groups -OCH3 is 2. The second kappa shape index (κ2) is 9.44. The zero-order valence-electron chi connectivity index (χ0n) is 18.5. The largest absolute Gasteiger partial charge is 0.493 e. The molecule has 3 aromatic heterocycles. The van der Waals surface area contributed by atoms with E-state index in [0.29, 0.717) is 57.3 Å². The summed E-state index contributed by atoms with van der Waals surface area (Å²) in [5.41, 5.74) is 1.39. The van der Waals surface area contributed by atoms with E-state index in [4.69, 9.17) is 13.9 Å². The van der Waals surface area contributed by atoms with Gasteiger partial charge in [0.15, 0.2) is 22.4 Å². The van der Waals surface area contributed by atoms with Crippen molar-refractivity contribution in [3.8, 4) is 23.1 Å². The maximum Gasteiger partial charge on any atom is 0.258 e. The predicted molar refractivity (Wildman–Crippen MR) is 128 cm³/mol. The Hall–Kier alpha value is -4.05. The summed E-state index contributed by atoms with van der Waals surface area (Å²) in [5, 5.41) is 9.84. The lowest BCUT2D eigenvalue weighted by Crippen LogP contribution is -2.12. The summed E-state index contributed by atoms with van der Waals surface area (Å²) >= 11 is 1.43. The van der Waals surface area contributed by atoms with Crippen LogP contribution < -0.4 is 15.0 Å². The van der Waals surface area contributed by atoms with E-state index in [2.05, 4.69) is 20.2 Å². The van der Waals surface area contributed by atoms with Crippen molar-refractivity contribution in [1.82, 2.24) is 24.7 Å². The maximum absolute atomic E-state index is 12.7. The lowest BCUT2D eigenvalue weighted by molar-refractivity contribution is 0.355. The molecule has 9 nitrogen and oxygen atoms in total. The molecule has 2 aromatic carbocycles. The second-order valence-electron chi connectivity index (χ2n) is 7.38.